The van der Waals surface area contributed by atoms with Crippen molar-refractivity contribution in [2.24, 2.45) is 0 Å². The fraction of sp³-hybridized carbons (Fsp3) is 0.455. The molecule has 1 aliphatic heterocycles. The summed E-state index contributed by atoms with van der Waals surface area (Å²) in [6, 6.07) is 3.75. The van der Waals surface area contributed by atoms with E-state index in [-0.39, 0.29) is 0 Å². The van der Waals surface area contributed by atoms with Crippen LogP contribution in [0.25, 0.3) is 5.65 Å². The van der Waals surface area contributed by atoms with Gasteiger partial charge in [0.2, 0.25) is 0 Å². The number of likely N-dealkylation sites (N-methyl/N-ethyl adjacent to an activating group) is 1. The van der Waals surface area contributed by atoms with Crippen molar-refractivity contribution in [1.29, 1.82) is 0 Å². The lowest BCUT2D eigenvalue weighted by molar-refractivity contribution is 0.311. The van der Waals surface area contributed by atoms with Gasteiger partial charge in [-0.15, -0.1) is 0 Å². The molecule has 6 heteroatoms. The van der Waals surface area contributed by atoms with Crippen LogP contribution in [0.4, 0.5) is 5.82 Å². The van der Waals surface area contributed by atoms with Crippen molar-refractivity contribution in [1.82, 2.24) is 19.5 Å². The van der Waals surface area contributed by atoms with Gasteiger partial charge in [-0.25, -0.2) is 4.98 Å². The second-order valence-corrected chi connectivity index (χ2v) is 4.72. The largest absolute Gasteiger partial charge is 0.354 e. The van der Waals surface area contributed by atoms with Crippen LogP contribution in [0, 0.1) is 0 Å². The Labute approximate surface area is 105 Å². The van der Waals surface area contributed by atoms with Gasteiger partial charge in [-0.05, 0) is 7.05 Å². The molecule has 0 aromatic carbocycles. The van der Waals surface area contributed by atoms with Crippen LogP contribution in [0.1, 0.15) is 0 Å². The molecule has 5 nitrogen and oxygen atoms in total. The van der Waals surface area contributed by atoms with E-state index in [0.29, 0.717) is 5.15 Å². The summed E-state index contributed by atoms with van der Waals surface area (Å²) in [7, 11) is 2.14. The first-order valence-corrected chi connectivity index (χ1v) is 6.05. The van der Waals surface area contributed by atoms with Gasteiger partial charge in [0.15, 0.2) is 5.65 Å². The first kappa shape index (κ1) is 10.8. The van der Waals surface area contributed by atoms with Gasteiger partial charge >= 0.3 is 0 Å². The van der Waals surface area contributed by atoms with E-state index in [1.807, 2.05) is 16.6 Å². The van der Waals surface area contributed by atoms with E-state index >= 15 is 0 Å². The van der Waals surface area contributed by atoms with Crippen LogP contribution in [-0.4, -0.2) is 52.7 Å². The Morgan fingerprint density at radius 3 is 2.76 bits per heavy atom. The summed E-state index contributed by atoms with van der Waals surface area (Å²) in [4.78, 5) is 8.85. The molecule has 0 N–H and O–H groups in total. The van der Waals surface area contributed by atoms with Gasteiger partial charge in [0.1, 0.15) is 11.0 Å². The van der Waals surface area contributed by atoms with Crippen molar-refractivity contribution in [2.45, 2.75) is 0 Å². The fourth-order valence-corrected chi connectivity index (χ4v) is 2.31. The number of aromatic nitrogens is 3. The smallest absolute Gasteiger partial charge is 0.159 e. The van der Waals surface area contributed by atoms with E-state index < -0.39 is 0 Å². The van der Waals surface area contributed by atoms with E-state index in [2.05, 4.69) is 26.9 Å². The van der Waals surface area contributed by atoms with Crippen molar-refractivity contribution in [3.63, 3.8) is 0 Å². The molecule has 1 fully saturated rings. The number of halogens is 1. The van der Waals surface area contributed by atoms with Crippen molar-refractivity contribution in [3.05, 3.63) is 23.5 Å². The maximum atomic E-state index is 6.04. The molecule has 2 aromatic rings. The number of anilines is 1. The van der Waals surface area contributed by atoms with Gasteiger partial charge in [0, 0.05) is 38.3 Å². The highest BCUT2D eigenvalue weighted by atomic mass is 35.5. The number of hydrogen-bond donors (Lipinski definition) is 0. The summed E-state index contributed by atoms with van der Waals surface area (Å²) in [5.41, 5.74) is 0.798. The van der Waals surface area contributed by atoms with Crippen LogP contribution >= 0.6 is 11.6 Å². The van der Waals surface area contributed by atoms with Crippen molar-refractivity contribution < 1.29 is 0 Å². The van der Waals surface area contributed by atoms with Crippen molar-refractivity contribution >= 4 is 23.1 Å². The Hall–Kier alpha value is -1.33. The van der Waals surface area contributed by atoms with Gasteiger partial charge in [0.25, 0.3) is 0 Å². The third-order valence-corrected chi connectivity index (χ3v) is 3.33. The van der Waals surface area contributed by atoms with Crippen LogP contribution in [0.3, 0.4) is 0 Å². The molecule has 0 amide bonds. The van der Waals surface area contributed by atoms with E-state index in [1.165, 1.54) is 0 Å². The average molecular weight is 252 g/mol. The second-order valence-electron chi connectivity index (χ2n) is 4.33. The summed E-state index contributed by atoms with van der Waals surface area (Å²) < 4.78 is 1.84. The predicted molar refractivity (Wildman–Crippen MR) is 67.7 cm³/mol. The number of rotatable bonds is 1. The van der Waals surface area contributed by atoms with Crippen LogP contribution in [0.5, 0.6) is 0 Å². The molecule has 1 aliphatic rings. The van der Waals surface area contributed by atoms with Gasteiger partial charge in [-0.3, -0.25) is 0 Å². The third-order valence-electron chi connectivity index (χ3n) is 3.14. The molecule has 0 bridgehead atoms. The zero-order valence-electron chi connectivity index (χ0n) is 9.67. The van der Waals surface area contributed by atoms with E-state index in [9.17, 15) is 0 Å². The molecule has 3 rings (SSSR count). The molecule has 90 valence electrons. The topological polar surface area (TPSA) is 36.7 Å². The SMILES string of the molecule is CN1CCN(c2cc(Cl)nc3ccnn23)CC1. The second kappa shape index (κ2) is 4.16. The van der Waals surface area contributed by atoms with Gasteiger partial charge in [0.05, 0.1) is 6.20 Å². The third kappa shape index (κ3) is 1.96. The average Bonchev–Trinajstić information content (AvgIpc) is 2.77. The molecule has 0 aliphatic carbocycles. The molecule has 0 radical (unpaired) electrons. The molecular formula is C11H14ClN5. The lowest BCUT2D eigenvalue weighted by Gasteiger charge is -2.33. The van der Waals surface area contributed by atoms with Gasteiger partial charge in [-0.2, -0.15) is 9.61 Å². The molecule has 0 spiro atoms. The summed E-state index contributed by atoms with van der Waals surface area (Å²) in [6.07, 6.45) is 1.75. The normalized spacial score (nSPS) is 17.9. The molecule has 3 heterocycles. The predicted octanol–water partition coefficient (Wildman–Crippen LogP) is 1.13. The van der Waals surface area contributed by atoms with E-state index in [0.717, 1.165) is 37.6 Å². The Morgan fingerprint density at radius 2 is 2.00 bits per heavy atom. The van der Waals surface area contributed by atoms with E-state index in [4.69, 9.17) is 11.6 Å². The lowest BCUT2D eigenvalue weighted by atomic mass is 10.3. The minimum absolute atomic E-state index is 0.520. The summed E-state index contributed by atoms with van der Waals surface area (Å²) in [5, 5.41) is 4.81. The molecule has 17 heavy (non-hydrogen) atoms. The standard InChI is InChI=1S/C11H14ClN5/c1-15-4-6-16(7-5-15)11-8-9(12)14-10-2-3-13-17(10)11/h2-3,8H,4-7H2,1H3. The summed E-state index contributed by atoms with van der Waals surface area (Å²) in [5.74, 6) is 1.03. The first-order valence-electron chi connectivity index (χ1n) is 5.68. The van der Waals surface area contributed by atoms with Crippen LogP contribution in [0.2, 0.25) is 5.15 Å². The highest BCUT2D eigenvalue weighted by Gasteiger charge is 2.17. The van der Waals surface area contributed by atoms with Crippen LogP contribution in [0.15, 0.2) is 18.3 Å². The quantitative estimate of drug-likeness (QED) is 0.712. The Balaban J connectivity index is 2.01. The maximum Gasteiger partial charge on any atom is 0.159 e. The number of nitrogens with zero attached hydrogens (tertiary/aromatic N) is 5. The minimum atomic E-state index is 0.520. The highest BCUT2D eigenvalue weighted by molar-refractivity contribution is 6.29. The van der Waals surface area contributed by atoms with Crippen LogP contribution in [-0.2, 0) is 0 Å². The first-order chi connectivity index (χ1) is 8.24. The number of piperazine rings is 1. The van der Waals surface area contributed by atoms with E-state index in [1.54, 1.807) is 6.20 Å². The van der Waals surface area contributed by atoms with Crippen molar-refractivity contribution in [2.75, 3.05) is 38.1 Å². The minimum Gasteiger partial charge on any atom is -0.354 e. The number of fused-ring (bicyclic) bond motifs is 1. The Bertz CT molecular complexity index is 530. The summed E-state index contributed by atoms with van der Waals surface area (Å²) >= 11 is 6.04. The molecule has 2 aromatic heterocycles. The Kier molecular flexibility index (Phi) is 2.64. The molecule has 0 saturated carbocycles. The van der Waals surface area contributed by atoms with Crippen LogP contribution < -0.4 is 4.90 Å². The van der Waals surface area contributed by atoms with Gasteiger partial charge in [-0.1, -0.05) is 11.6 Å². The highest BCUT2D eigenvalue weighted by Crippen LogP contribution is 2.20. The number of hydrogen-bond acceptors (Lipinski definition) is 4. The van der Waals surface area contributed by atoms with Gasteiger partial charge < -0.3 is 9.80 Å². The molecule has 1 saturated heterocycles. The maximum absolute atomic E-state index is 6.04. The summed E-state index contributed by atoms with van der Waals surface area (Å²) in [6.45, 7) is 4.10. The fourth-order valence-electron chi connectivity index (χ4n) is 2.13. The Morgan fingerprint density at radius 1 is 1.24 bits per heavy atom. The monoisotopic (exact) mass is 251 g/mol. The molecular weight excluding hydrogens is 238 g/mol. The zero-order chi connectivity index (χ0) is 11.8. The van der Waals surface area contributed by atoms with Crippen molar-refractivity contribution in [3.8, 4) is 0 Å². The lowest BCUT2D eigenvalue weighted by Crippen LogP contribution is -2.45. The molecule has 0 atom stereocenters. The molecule has 0 unspecified atom stereocenters. The zero-order valence-corrected chi connectivity index (χ0v) is 10.4.